The second-order valence-corrected chi connectivity index (χ2v) is 4.43. The normalized spacial score (nSPS) is 24.0. The van der Waals surface area contributed by atoms with Crippen molar-refractivity contribution in [1.82, 2.24) is 9.97 Å². The number of rotatable bonds is 3. The molecular weight excluding hydrogens is 214 g/mol. The Morgan fingerprint density at radius 1 is 1.35 bits per heavy atom. The number of nitriles is 1. The van der Waals surface area contributed by atoms with Crippen LogP contribution in [-0.4, -0.2) is 16.1 Å². The molecule has 17 heavy (non-hydrogen) atoms. The van der Waals surface area contributed by atoms with Crippen LogP contribution in [0.1, 0.15) is 44.7 Å². The monoisotopic (exact) mass is 231 g/mol. The van der Waals surface area contributed by atoms with Crippen LogP contribution in [0, 0.1) is 17.2 Å². The number of hydrogen-bond acceptors (Lipinski definition) is 4. The first-order valence-corrected chi connectivity index (χ1v) is 6.23. The molecule has 4 nitrogen and oxygen atoms in total. The van der Waals surface area contributed by atoms with Crippen LogP contribution in [0.15, 0.2) is 12.4 Å². The van der Waals surface area contributed by atoms with Gasteiger partial charge in [-0.15, -0.1) is 0 Å². The van der Waals surface area contributed by atoms with Crippen molar-refractivity contribution in [2.45, 2.75) is 45.1 Å². The van der Waals surface area contributed by atoms with Crippen LogP contribution in [-0.2, 0) is 0 Å². The van der Waals surface area contributed by atoms with Crippen molar-refractivity contribution >= 4 is 0 Å². The quantitative estimate of drug-likeness (QED) is 0.802. The van der Waals surface area contributed by atoms with E-state index in [0.29, 0.717) is 11.8 Å². The molecule has 1 aromatic rings. The minimum absolute atomic E-state index is 0.192. The van der Waals surface area contributed by atoms with Crippen molar-refractivity contribution in [1.29, 1.82) is 5.26 Å². The van der Waals surface area contributed by atoms with E-state index in [1.165, 1.54) is 25.5 Å². The topological polar surface area (TPSA) is 58.8 Å². The third-order valence-corrected chi connectivity index (χ3v) is 3.40. The van der Waals surface area contributed by atoms with E-state index in [-0.39, 0.29) is 11.8 Å². The molecule has 2 atom stereocenters. The van der Waals surface area contributed by atoms with E-state index in [9.17, 15) is 0 Å². The molecule has 2 unspecified atom stereocenters. The van der Waals surface area contributed by atoms with Gasteiger partial charge in [-0.2, -0.15) is 5.26 Å². The average Bonchev–Trinajstić information content (AvgIpc) is 2.40. The number of ether oxygens (including phenoxy) is 1. The zero-order chi connectivity index (χ0) is 12.1. The highest BCUT2D eigenvalue weighted by Crippen LogP contribution is 2.30. The van der Waals surface area contributed by atoms with Gasteiger partial charge in [0.05, 0.1) is 0 Å². The average molecular weight is 231 g/mol. The molecule has 1 fully saturated rings. The van der Waals surface area contributed by atoms with E-state index >= 15 is 0 Å². The first-order chi connectivity index (χ1) is 8.35. The van der Waals surface area contributed by atoms with E-state index < -0.39 is 0 Å². The Morgan fingerprint density at radius 2 is 2.12 bits per heavy atom. The van der Waals surface area contributed by atoms with Crippen LogP contribution in [0.25, 0.3) is 0 Å². The lowest BCUT2D eigenvalue weighted by Crippen LogP contribution is -2.30. The van der Waals surface area contributed by atoms with Crippen LogP contribution in [0.3, 0.4) is 0 Å². The molecule has 0 aliphatic heterocycles. The molecule has 1 saturated carbocycles. The Balaban J connectivity index is 2.11. The van der Waals surface area contributed by atoms with Crippen molar-refractivity contribution in [2.24, 2.45) is 5.92 Å². The van der Waals surface area contributed by atoms with Gasteiger partial charge in [-0.25, -0.2) is 9.97 Å². The van der Waals surface area contributed by atoms with Crippen molar-refractivity contribution in [3.63, 3.8) is 0 Å². The van der Waals surface area contributed by atoms with Gasteiger partial charge in [0.15, 0.2) is 0 Å². The molecule has 0 aromatic carbocycles. The molecule has 0 bridgehead atoms. The van der Waals surface area contributed by atoms with Crippen LogP contribution >= 0.6 is 0 Å². The third kappa shape index (κ3) is 2.73. The zero-order valence-electron chi connectivity index (χ0n) is 10.1. The van der Waals surface area contributed by atoms with Gasteiger partial charge in [0.2, 0.25) is 5.69 Å². The number of nitrogens with zero attached hydrogens (tertiary/aromatic N) is 3. The summed E-state index contributed by atoms with van der Waals surface area (Å²) in [5.41, 5.74) is 0.285. The summed E-state index contributed by atoms with van der Waals surface area (Å²) in [6.07, 6.45) is 9.14. The lowest BCUT2D eigenvalue weighted by atomic mass is 9.85. The van der Waals surface area contributed by atoms with Gasteiger partial charge in [-0.05, 0) is 31.6 Å². The molecule has 0 N–H and O–H groups in total. The summed E-state index contributed by atoms with van der Waals surface area (Å²) in [6.45, 7) is 2.19. The lowest BCUT2D eigenvalue weighted by Gasteiger charge is -2.30. The fraction of sp³-hybridized carbons (Fsp3) is 0.615. The third-order valence-electron chi connectivity index (χ3n) is 3.40. The molecule has 0 saturated heterocycles. The van der Waals surface area contributed by atoms with E-state index in [4.69, 9.17) is 10.00 Å². The highest BCUT2D eigenvalue weighted by atomic mass is 16.5. The summed E-state index contributed by atoms with van der Waals surface area (Å²) in [4.78, 5) is 8.07. The maximum Gasteiger partial charge on any atom is 0.251 e. The standard InChI is InChI=1S/C13H17N3O/c1-2-10-5-3-4-6-12(10)17-13-11(9-14)15-7-8-16-13/h7-8,10,12H,2-6H2,1H3. The van der Waals surface area contributed by atoms with Crippen LogP contribution < -0.4 is 4.74 Å². The Bertz CT molecular complexity index is 413. The summed E-state index contributed by atoms with van der Waals surface area (Å²) in [5.74, 6) is 0.970. The molecule has 1 aliphatic carbocycles. The number of aromatic nitrogens is 2. The second kappa shape index (κ2) is 5.62. The van der Waals surface area contributed by atoms with Crippen LogP contribution in [0.2, 0.25) is 0 Å². The molecule has 0 amide bonds. The van der Waals surface area contributed by atoms with Crippen molar-refractivity contribution in [2.75, 3.05) is 0 Å². The van der Waals surface area contributed by atoms with Crippen molar-refractivity contribution < 1.29 is 4.74 Å². The highest BCUT2D eigenvalue weighted by molar-refractivity contribution is 5.30. The Morgan fingerprint density at radius 3 is 2.88 bits per heavy atom. The van der Waals surface area contributed by atoms with Gasteiger partial charge in [-0.3, -0.25) is 0 Å². The van der Waals surface area contributed by atoms with E-state index in [0.717, 1.165) is 12.8 Å². The molecular formula is C13H17N3O. The summed E-state index contributed by atoms with van der Waals surface area (Å²) < 4.78 is 5.88. The van der Waals surface area contributed by atoms with Crippen LogP contribution in [0.5, 0.6) is 5.88 Å². The Kier molecular flexibility index (Phi) is 3.92. The van der Waals surface area contributed by atoms with Crippen molar-refractivity contribution in [3.05, 3.63) is 18.1 Å². The highest BCUT2D eigenvalue weighted by Gasteiger charge is 2.26. The maximum atomic E-state index is 8.94. The molecule has 4 heteroatoms. The zero-order valence-corrected chi connectivity index (χ0v) is 10.1. The minimum Gasteiger partial charge on any atom is -0.472 e. The molecule has 1 aliphatic rings. The molecule has 0 radical (unpaired) electrons. The molecule has 90 valence electrons. The molecule has 1 aromatic heterocycles. The van der Waals surface area contributed by atoms with Gasteiger partial charge in [-0.1, -0.05) is 13.3 Å². The largest absolute Gasteiger partial charge is 0.472 e. The summed E-state index contributed by atoms with van der Waals surface area (Å²) >= 11 is 0. The first kappa shape index (κ1) is 11.8. The predicted molar refractivity (Wildman–Crippen MR) is 63.4 cm³/mol. The Hall–Kier alpha value is -1.63. The van der Waals surface area contributed by atoms with Gasteiger partial charge in [0, 0.05) is 12.4 Å². The van der Waals surface area contributed by atoms with E-state index in [2.05, 4.69) is 16.9 Å². The second-order valence-electron chi connectivity index (χ2n) is 4.43. The lowest BCUT2D eigenvalue weighted by molar-refractivity contribution is 0.0850. The molecule has 1 heterocycles. The summed E-state index contributed by atoms with van der Waals surface area (Å²) in [5, 5.41) is 8.94. The number of hydrogen-bond donors (Lipinski definition) is 0. The SMILES string of the molecule is CCC1CCCCC1Oc1nccnc1C#N. The van der Waals surface area contributed by atoms with Gasteiger partial charge >= 0.3 is 0 Å². The fourth-order valence-corrected chi connectivity index (χ4v) is 2.43. The minimum atomic E-state index is 0.192. The first-order valence-electron chi connectivity index (χ1n) is 6.23. The van der Waals surface area contributed by atoms with Gasteiger partial charge in [0.25, 0.3) is 5.88 Å². The maximum absolute atomic E-state index is 8.94. The van der Waals surface area contributed by atoms with E-state index in [1.807, 2.05) is 6.07 Å². The summed E-state index contributed by atoms with van der Waals surface area (Å²) in [6, 6.07) is 2.02. The molecule has 0 spiro atoms. The summed E-state index contributed by atoms with van der Waals surface area (Å²) in [7, 11) is 0. The fourth-order valence-electron chi connectivity index (χ4n) is 2.43. The molecule has 2 rings (SSSR count). The van der Waals surface area contributed by atoms with Crippen molar-refractivity contribution in [3.8, 4) is 11.9 Å². The van der Waals surface area contributed by atoms with Gasteiger partial charge in [0.1, 0.15) is 12.2 Å². The smallest absolute Gasteiger partial charge is 0.251 e. The van der Waals surface area contributed by atoms with E-state index in [1.54, 1.807) is 6.20 Å². The predicted octanol–water partition coefficient (Wildman–Crippen LogP) is 2.70. The van der Waals surface area contributed by atoms with Crippen LogP contribution in [0.4, 0.5) is 0 Å². The Labute approximate surface area is 102 Å². The van der Waals surface area contributed by atoms with Gasteiger partial charge < -0.3 is 4.74 Å².